The first-order chi connectivity index (χ1) is 26.8. The second kappa shape index (κ2) is 17.6. The minimum absolute atomic E-state index is 0.0983. The Morgan fingerprint density at radius 1 is 0.839 bits per heavy atom. The molecule has 0 unspecified atom stereocenters. The highest BCUT2D eigenvalue weighted by atomic mass is 79.9. The van der Waals surface area contributed by atoms with Gasteiger partial charge >= 0.3 is 0 Å². The molecule has 2 N–H and O–H groups in total. The molecule has 56 heavy (non-hydrogen) atoms. The minimum Gasteiger partial charge on any atom is -0.489 e. The number of benzene rings is 5. The maximum Gasteiger partial charge on any atom is 0.294 e. The van der Waals surface area contributed by atoms with Crippen LogP contribution in [0.3, 0.4) is 0 Å². The van der Waals surface area contributed by atoms with Crippen LogP contribution >= 0.6 is 27.7 Å². The van der Waals surface area contributed by atoms with Crippen molar-refractivity contribution in [2.45, 2.75) is 24.0 Å². The molecule has 0 radical (unpaired) electrons. The van der Waals surface area contributed by atoms with Gasteiger partial charge in [0.05, 0.1) is 14.7 Å². The second-order valence-corrected chi connectivity index (χ2v) is 16.0. The van der Waals surface area contributed by atoms with Crippen molar-refractivity contribution in [3.63, 3.8) is 0 Å². The van der Waals surface area contributed by atoms with E-state index in [9.17, 15) is 37.7 Å². The number of thioether (sulfide) groups is 1. The fraction of sp³-hybridized carbons (Fsp3) is 0.100. The third-order valence-electron chi connectivity index (χ3n) is 8.42. The van der Waals surface area contributed by atoms with Crippen LogP contribution in [0, 0.1) is 10.1 Å². The van der Waals surface area contributed by atoms with Gasteiger partial charge in [-0.2, -0.15) is 0 Å². The molecule has 4 amide bonds. The quantitative estimate of drug-likeness (QED) is 0.0680. The van der Waals surface area contributed by atoms with Crippen LogP contribution in [-0.4, -0.2) is 53.8 Å². The van der Waals surface area contributed by atoms with Gasteiger partial charge in [0.1, 0.15) is 24.9 Å². The molecule has 16 heteroatoms. The molecule has 1 saturated heterocycles. The van der Waals surface area contributed by atoms with Crippen molar-refractivity contribution in [3.05, 3.63) is 164 Å². The summed E-state index contributed by atoms with van der Waals surface area (Å²) in [4.78, 5) is 63.8. The second-order valence-electron chi connectivity index (χ2n) is 12.4. The van der Waals surface area contributed by atoms with Gasteiger partial charge in [-0.25, -0.2) is 13.1 Å². The molecule has 1 aliphatic heterocycles. The number of sulfonamides is 1. The topological polar surface area (TPSA) is 182 Å². The van der Waals surface area contributed by atoms with Gasteiger partial charge in [-0.05, 0) is 82.1 Å². The molecular weight excluding hydrogens is 824 g/mol. The number of hydrogen-bond acceptors (Lipinski definition) is 10. The summed E-state index contributed by atoms with van der Waals surface area (Å²) < 4.78 is 34.9. The molecule has 0 aliphatic carbocycles. The molecule has 5 aromatic rings. The third-order valence-corrected chi connectivity index (χ3v) is 11.2. The number of nitrogens with one attached hydrogen (secondary N) is 2. The van der Waals surface area contributed by atoms with Crippen molar-refractivity contribution < 1.29 is 37.3 Å². The van der Waals surface area contributed by atoms with Crippen molar-refractivity contribution in [1.82, 2.24) is 14.9 Å². The molecule has 13 nitrogen and oxygen atoms in total. The highest BCUT2D eigenvalue weighted by Gasteiger charge is 2.37. The summed E-state index contributed by atoms with van der Waals surface area (Å²) in [6.45, 7) is -0.450. The lowest BCUT2D eigenvalue weighted by Gasteiger charge is -2.20. The molecular formula is C40H31BrN4O9S2. The SMILES string of the molecule is O=C(CN1C(=O)SC(=Cc2ccc(-c3ccccc3)cc2)C1=O)N[C@@H](Cc1ccc(OCc2ccc(Br)cc2)cc1)C(=O)NS(=O)(=O)c1ccc([N+](=O)[O-])cc1. The smallest absolute Gasteiger partial charge is 0.294 e. The lowest BCUT2D eigenvalue weighted by Crippen LogP contribution is -2.52. The first-order valence-corrected chi connectivity index (χ1v) is 19.9. The first-order valence-electron chi connectivity index (χ1n) is 16.8. The van der Waals surface area contributed by atoms with Gasteiger partial charge in [-0.15, -0.1) is 0 Å². The number of rotatable bonds is 14. The van der Waals surface area contributed by atoms with Crippen LogP contribution in [-0.2, 0) is 37.4 Å². The van der Waals surface area contributed by atoms with Crippen molar-refractivity contribution in [2.75, 3.05) is 6.54 Å². The van der Waals surface area contributed by atoms with E-state index in [1.807, 2.05) is 71.5 Å². The number of carbonyl (C=O) groups excluding carboxylic acids is 4. The number of hydrogen-bond donors (Lipinski definition) is 2. The lowest BCUT2D eigenvalue weighted by molar-refractivity contribution is -0.384. The number of ether oxygens (including phenoxy) is 1. The van der Waals surface area contributed by atoms with Crippen molar-refractivity contribution in [3.8, 4) is 16.9 Å². The zero-order valence-corrected chi connectivity index (χ0v) is 32.4. The molecule has 0 spiro atoms. The molecule has 1 aliphatic rings. The predicted molar refractivity (Wildman–Crippen MR) is 214 cm³/mol. The van der Waals surface area contributed by atoms with Gasteiger partial charge in [-0.3, -0.25) is 34.2 Å². The number of non-ortho nitro benzene ring substituents is 1. The van der Waals surface area contributed by atoms with E-state index in [-0.39, 0.29) is 23.6 Å². The number of nitro groups is 1. The van der Waals surface area contributed by atoms with Gasteiger partial charge in [-0.1, -0.05) is 94.8 Å². The van der Waals surface area contributed by atoms with E-state index in [0.29, 0.717) is 28.6 Å². The summed E-state index contributed by atoms with van der Waals surface area (Å²) in [7, 11) is -4.54. The summed E-state index contributed by atoms with van der Waals surface area (Å²) >= 11 is 4.05. The Morgan fingerprint density at radius 2 is 1.46 bits per heavy atom. The molecule has 1 heterocycles. The Bertz CT molecular complexity index is 2410. The van der Waals surface area contributed by atoms with Crippen LogP contribution in [0.2, 0.25) is 0 Å². The number of carbonyl (C=O) groups is 4. The van der Waals surface area contributed by atoms with E-state index < -0.39 is 55.4 Å². The summed E-state index contributed by atoms with van der Waals surface area (Å²) in [5, 5.41) is 12.8. The largest absolute Gasteiger partial charge is 0.489 e. The molecule has 5 aromatic carbocycles. The average Bonchev–Trinajstić information content (AvgIpc) is 3.45. The summed E-state index contributed by atoms with van der Waals surface area (Å²) in [5.74, 6) is -2.21. The zero-order valence-electron chi connectivity index (χ0n) is 29.2. The van der Waals surface area contributed by atoms with E-state index >= 15 is 0 Å². The van der Waals surface area contributed by atoms with E-state index in [1.54, 1.807) is 42.5 Å². The van der Waals surface area contributed by atoms with Crippen LogP contribution in [0.5, 0.6) is 5.75 Å². The van der Waals surface area contributed by atoms with Crippen molar-refractivity contribution >= 4 is 72.4 Å². The van der Waals surface area contributed by atoms with E-state index in [1.165, 1.54) is 0 Å². The lowest BCUT2D eigenvalue weighted by atomic mass is 10.0. The molecule has 1 fully saturated rings. The standard InChI is InChI=1S/C40H31BrN4O9S2/c41-31-14-8-28(9-15-31)25-54-33-18-10-26(11-19-33)22-35(38(47)43-56(52,53)34-20-16-32(17-21-34)45(50)51)42-37(46)24-44-39(48)36(55-40(44)49)23-27-6-12-30(13-7-27)29-4-2-1-3-5-29/h1-21,23,35H,22,24-25H2,(H,42,46)(H,43,47)/t35-/m0/s1. The summed E-state index contributed by atoms with van der Waals surface area (Å²) in [5.41, 5.74) is 3.73. The first kappa shape index (κ1) is 39.6. The Balaban J connectivity index is 1.15. The van der Waals surface area contributed by atoms with Crippen molar-refractivity contribution in [1.29, 1.82) is 0 Å². The molecule has 0 bridgehead atoms. The number of imide groups is 1. The molecule has 0 saturated carbocycles. The Morgan fingerprint density at radius 3 is 2.11 bits per heavy atom. The fourth-order valence-corrected chi connectivity index (χ4v) is 7.62. The number of nitrogens with zero attached hydrogens (tertiary/aromatic N) is 2. The monoisotopic (exact) mass is 854 g/mol. The zero-order chi connectivity index (χ0) is 39.8. The molecule has 284 valence electrons. The van der Waals surface area contributed by atoms with Crippen LogP contribution < -0.4 is 14.8 Å². The normalized spacial score (nSPS) is 14.0. The maximum atomic E-state index is 13.5. The Labute approximate surface area is 334 Å². The highest BCUT2D eigenvalue weighted by Crippen LogP contribution is 2.32. The third kappa shape index (κ3) is 10.1. The van der Waals surface area contributed by atoms with Gasteiger partial charge < -0.3 is 10.1 Å². The van der Waals surface area contributed by atoms with Gasteiger partial charge in [0.25, 0.3) is 32.8 Å². The van der Waals surface area contributed by atoms with E-state index in [0.717, 1.165) is 50.3 Å². The van der Waals surface area contributed by atoms with Crippen LogP contribution in [0.25, 0.3) is 17.2 Å². The van der Waals surface area contributed by atoms with Crippen LogP contribution in [0.4, 0.5) is 10.5 Å². The Kier molecular flexibility index (Phi) is 12.4. The predicted octanol–water partition coefficient (Wildman–Crippen LogP) is 6.87. The number of nitro benzene ring substituents is 1. The van der Waals surface area contributed by atoms with Crippen LogP contribution in [0.1, 0.15) is 16.7 Å². The minimum atomic E-state index is -4.54. The van der Waals surface area contributed by atoms with Gasteiger partial charge in [0, 0.05) is 23.0 Å². The summed E-state index contributed by atoms with van der Waals surface area (Å²) in [6.07, 6.45) is 1.35. The fourth-order valence-electron chi connectivity index (χ4n) is 5.50. The maximum absolute atomic E-state index is 13.5. The number of amides is 4. The average molecular weight is 856 g/mol. The van der Waals surface area contributed by atoms with Gasteiger partial charge in [0.2, 0.25) is 5.91 Å². The van der Waals surface area contributed by atoms with E-state index in [4.69, 9.17) is 4.74 Å². The van der Waals surface area contributed by atoms with E-state index in [2.05, 4.69) is 21.2 Å². The number of halogens is 1. The highest BCUT2D eigenvalue weighted by molar-refractivity contribution is 9.10. The Hall–Kier alpha value is -6.10. The molecule has 0 aromatic heterocycles. The summed E-state index contributed by atoms with van der Waals surface area (Å²) in [6, 6.07) is 33.6. The molecule has 6 rings (SSSR count). The van der Waals surface area contributed by atoms with Gasteiger partial charge in [0.15, 0.2) is 0 Å². The van der Waals surface area contributed by atoms with Crippen molar-refractivity contribution in [2.24, 2.45) is 0 Å². The molecule has 1 atom stereocenters. The van der Waals surface area contributed by atoms with Crippen LogP contribution in [0.15, 0.2) is 142 Å².